The van der Waals surface area contributed by atoms with Gasteiger partial charge in [0, 0.05) is 17.1 Å². The molecule has 1 heterocycles. The SMILES string of the molecule is Cc1ccc(C(O)=C2C(=O)C(=O)N(CCc3ccccc3)[C@H]2c2ccc(Cl)cc2)cc1. The van der Waals surface area contributed by atoms with E-state index in [1.54, 1.807) is 36.4 Å². The van der Waals surface area contributed by atoms with Crippen molar-refractivity contribution in [2.45, 2.75) is 19.4 Å². The van der Waals surface area contributed by atoms with E-state index < -0.39 is 17.7 Å². The third-order valence-electron chi connectivity index (χ3n) is 5.53. The van der Waals surface area contributed by atoms with Gasteiger partial charge in [0.25, 0.3) is 11.7 Å². The van der Waals surface area contributed by atoms with Gasteiger partial charge in [-0.1, -0.05) is 83.9 Å². The second-order valence-electron chi connectivity index (χ2n) is 7.65. The number of aliphatic hydroxyl groups is 1. The minimum absolute atomic E-state index is 0.101. The Morgan fingerprint density at radius 3 is 2.23 bits per heavy atom. The average Bonchev–Trinajstić information content (AvgIpc) is 3.04. The highest BCUT2D eigenvalue weighted by molar-refractivity contribution is 6.46. The number of likely N-dealkylation sites (tertiary alicyclic amines) is 1. The van der Waals surface area contributed by atoms with Gasteiger partial charge in [0.15, 0.2) is 0 Å². The molecule has 1 aliphatic rings. The third-order valence-corrected chi connectivity index (χ3v) is 5.79. The summed E-state index contributed by atoms with van der Waals surface area (Å²) in [5, 5.41) is 11.6. The van der Waals surface area contributed by atoms with E-state index in [0.717, 1.165) is 16.7 Å². The molecule has 5 heteroatoms. The van der Waals surface area contributed by atoms with Gasteiger partial charge >= 0.3 is 0 Å². The van der Waals surface area contributed by atoms with E-state index in [-0.39, 0.29) is 11.3 Å². The van der Waals surface area contributed by atoms with Gasteiger partial charge in [-0.05, 0) is 36.6 Å². The van der Waals surface area contributed by atoms with Crippen LogP contribution in [0.2, 0.25) is 5.02 Å². The molecule has 0 saturated carbocycles. The smallest absolute Gasteiger partial charge is 0.295 e. The lowest BCUT2D eigenvalue weighted by Gasteiger charge is -2.25. The Morgan fingerprint density at radius 2 is 1.58 bits per heavy atom. The first-order valence-corrected chi connectivity index (χ1v) is 10.5. The molecule has 3 aromatic carbocycles. The van der Waals surface area contributed by atoms with Crippen LogP contribution in [0.1, 0.15) is 28.3 Å². The predicted octanol–water partition coefficient (Wildman–Crippen LogP) is 5.31. The molecule has 0 radical (unpaired) electrons. The van der Waals surface area contributed by atoms with Gasteiger partial charge in [-0.2, -0.15) is 0 Å². The molecule has 1 saturated heterocycles. The average molecular weight is 432 g/mol. The van der Waals surface area contributed by atoms with Crippen LogP contribution in [0.15, 0.2) is 84.4 Å². The molecule has 1 amide bonds. The van der Waals surface area contributed by atoms with Gasteiger partial charge in [-0.15, -0.1) is 0 Å². The summed E-state index contributed by atoms with van der Waals surface area (Å²) in [7, 11) is 0. The molecule has 1 N–H and O–H groups in total. The Bertz CT molecular complexity index is 1140. The Kier molecular flexibility index (Phi) is 5.92. The highest BCUT2D eigenvalue weighted by Gasteiger charge is 2.45. The lowest BCUT2D eigenvalue weighted by Crippen LogP contribution is -2.31. The number of benzene rings is 3. The molecular formula is C26H22ClNO3. The van der Waals surface area contributed by atoms with Crippen LogP contribution in [0.5, 0.6) is 0 Å². The summed E-state index contributed by atoms with van der Waals surface area (Å²) in [5.41, 5.74) is 3.44. The molecule has 1 aliphatic heterocycles. The predicted molar refractivity (Wildman–Crippen MR) is 122 cm³/mol. The van der Waals surface area contributed by atoms with Gasteiger partial charge in [0.05, 0.1) is 11.6 Å². The number of aliphatic hydroxyl groups excluding tert-OH is 1. The molecular weight excluding hydrogens is 410 g/mol. The second-order valence-corrected chi connectivity index (χ2v) is 8.08. The molecule has 3 aromatic rings. The van der Waals surface area contributed by atoms with Crippen LogP contribution >= 0.6 is 11.6 Å². The zero-order valence-electron chi connectivity index (χ0n) is 17.1. The number of carbonyl (C=O) groups excluding carboxylic acids is 2. The number of Topliss-reactive ketones (excluding diaryl/α,β-unsaturated/α-hetero) is 1. The van der Waals surface area contributed by atoms with Crippen molar-refractivity contribution in [2.75, 3.05) is 6.54 Å². The lowest BCUT2D eigenvalue weighted by atomic mass is 9.95. The number of rotatable bonds is 5. The Hall–Kier alpha value is -3.37. The summed E-state index contributed by atoms with van der Waals surface area (Å²) < 4.78 is 0. The van der Waals surface area contributed by atoms with E-state index in [1.807, 2.05) is 49.4 Å². The summed E-state index contributed by atoms with van der Waals surface area (Å²) in [5.74, 6) is -1.45. The lowest BCUT2D eigenvalue weighted by molar-refractivity contribution is -0.139. The summed E-state index contributed by atoms with van der Waals surface area (Å²) in [6, 6.07) is 23.4. The van der Waals surface area contributed by atoms with Gasteiger partial charge in [0.2, 0.25) is 0 Å². The number of halogens is 1. The number of aryl methyl sites for hydroxylation is 1. The molecule has 1 fully saturated rings. The van der Waals surface area contributed by atoms with Crippen LogP contribution in [0.4, 0.5) is 0 Å². The standard InChI is InChI=1S/C26H22ClNO3/c1-17-7-9-20(10-8-17)24(29)22-23(19-11-13-21(27)14-12-19)28(26(31)25(22)30)16-15-18-5-3-2-4-6-18/h2-14,23,29H,15-16H2,1H3/t23-/m0/s1. The fourth-order valence-electron chi connectivity index (χ4n) is 3.86. The minimum atomic E-state index is -0.678. The van der Waals surface area contributed by atoms with Crippen molar-refractivity contribution in [1.29, 1.82) is 0 Å². The van der Waals surface area contributed by atoms with Gasteiger partial charge in [-0.25, -0.2) is 0 Å². The van der Waals surface area contributed by atoms with Crippen molar-refractivity contribution in [3.8, 4) is 0 Å². The number of ketones is 1. The monoisotopic (exact) mass is 431 g/mol. The molecule has 1 atom stereocenters. The second kappa shape index (κ2) is 8.78. The van der Waals surface area contributed by atoms with Gasteiger partial charge < -0.3 is 10.0 Å². The van der Waals surface area contributed by atoms with Gasteiger partial charge in [0.1, 0.15) is 5.76 Å². The molecule has 0 aromatic heterocycles. The normalized spacial score (nSPS) is 17.9. The Morgan fingerprint density at radius 1 is 0.935 bits per heavy atom. The van der Waals surface area contributed by atoms with Crippen molar-refractivity contribution in [3.63, 3.8) is 0 Å². The number of hydrogen-bond donors (Lipinski definition) is 1. The van der Waals surface area contributed by atoms with Crippen LogP contribution in [0.3, 0.4) is 0 Å². The quantitative estimate of drug-likeness (QED) is 0.338. The van der Waals surface area contributed by atoms with Crippen molar-refractivity contribution in [1.82, 2.24) is 4.90 Å². The number of nitrogens with zero attached hydrogens (tertiary/aromatic N) is 1. The van der Waals surface area contributed by atoms with Crippen LogP contribution in [-0.2, 0) is 16.0 Å². The first kappa shape index (κ1) is 20.9. The maximum atomic E-state index is 13.0. The zero-order valence-corrected chi connectivity index (χ0v) is 17.8. The first-order chi connectivity index (χ1) is 15.0. The minimum Gasteiger partial charge on any atom is -0.507 e. The highest BCUT2D eigenvalue weighted by atomic mass is 35.5. The van der Waals surface area contributed by atoms with E-state index in [2.05, 4.69) is 0 Å². The van der Waals surface area contributed by atoms with E-state index in [4.69, 9.17) is 11.6 Å². The molecule has 156 valence electrons. The molecule has 0 aliphatic carbocycles. The van der Waals surface area contributed by atoms with Crippen molar-refractivity contribution in [3.05, 3.63) is 112 Å². The number of carbonyl (C=O) groups is 2. The molecule has 0 spiro atoms. The Balaban J connectivity index is 1.78. The maximum Gasteiger partial charge on any atom is 0.295 e. The molecule has 4 nitrogen and oxygen atoms in total. The molecule has 4 rings (SSSR count). The maximum absolute atomic E-state index is 13.0. The first-order valence-electron chi connectivity index (χ1n) is 10.1. The van der Waals surface area contributed by atoms with Crippen LogP contribution in [0.25, 0.3) is 5.76 Å². The molecule has 0 unspecified atom stereocenters. The Labute approximate surface area is 186 Å². The summed E-state index contributed by atoms with van der Waals surface area (Å²) in [4.78, 5) is 27.5. The number of hydrogen-bond acceptors (Lipinski definition) is 3. The third kappa shape index (κ3) is 4.25. The zero-order chi connectivity index (χ0) is 22.0. The summed E-state index contributed by atoms with van der Waals surface area (Å²) >= 11 is 6.05. The van der Waals surface area contributed by atoms with Crippen LogP contribution in [0, 0.1) is 6.92 Å². The van der Waals surface area contributed by atoms with Crippen LogP contribution in [-0.4, -0.2) is 28.2 Å². The number of amides is 1. The van der Waals surface area contributed by atoms with E-state index in [0.29, 0.717) is 23.6 Å². The molecule has 31 heavy (non-hydrogen) atoms. The van der Waals surface area contributed by atoms with Gasteiger partial charge in [-0.3, -0.25) is 9.59 Å². The van der Waals surface area contributed by atoms with Crippen molar-refractivity contribution in [2.24, 2.45) is 0 Å². The van der Waals surface area contributed by atoms with E-state index in [9.17, 15) is 14.7 Å². The highest BCUT2D eigenvalue weighted by Crippen LogP contribution is 2.39. The summed E-state index contributed by atoms with van der Waals surface area (Å²) in [6.07, 6.45) is 0.600. The van der Waals surface area contributed by atoms with E-state index >= 15 is 0 Å². The van der Waals surface area contributed by atoms with Crippen LogP contribution < -0.4 is 0 Å². The van der Waals surface area contributed by atoms with Crippen molar-refractivity contribution < 1.29 is 14.7 Å². The topological polar surface area (TPSA) is 57.6 Å². The fraction of sp³-hybridized carbons (Fsp3) is 0.154. The largest absolute Gasteiger partial charge is 0.507 e. The fourth-order valence-corrected chi connectivity index (χ4v) is 3.99. The van der Waals surface area contributed by atoms with E-state index in [1.165, 1.54) is 4.90 Å². The molecule has 0 bridgehead atoms. The summed E-state index contributed by atoms with van der Waals surface area (Å²) in [6.45, 7) is 2.30. The van der Waals surface area contributed by atoms with Crippen molar-refractivity contribution >= 4 is 29.1 Å².